The zero-order valence-electron chi connectivity index (χ0n) is 13.1. The van der Waals surface area contributed by atoms with Gasteiger partial charge in [-0.05, 0) is 58.8 Å². The molecule has 0 spiro atoms. The second-order valence-electron chi connectivity index (χ2n) is 4.81. The normalized spacial score (nSPS) is 13.8. The Hall–Kier alpha value is -2.46. The molecule has 1 aromatic rings. The summed E-state index contributed by atoms with van der Waals surface area (Å²) in [6.07, 6.45) is 1.39. The number of nitrogens with one attached hydrogen (secondary N) is 2. The summed E-state index contributed by atoms with van der Waals surface area (Å²) in [5.74, 6) is -1.21. The molecule has 2 rings (SSSR count). The number of carbonyl (C=O) groups excluding carboxylic acids is 3. The Bertz CT molecular complexity index is 772. The third-order valence-corrected chi connectivity index (χ3v) is 3.74. The summed E-state index contributed by atoms with van der Waals surface area (Å²) in [5.41, 5.74) is 5.49. The SMILES string of the molecule is CCOc1cc(C=C2C(=O)NC(=S)NC2=O)cc(Br)c1OCC(N)=O. The highest BCUT2D eigenvalue weighted by atomic mass is 79.9. The molecular formula is C15H14BrN3O5S. The number of thiocarbonyl (C=S) groups is 1. The summed E-state index contributed by atoms with van der Waals surface area (Å²) < 4.78 is 11.3. The molecule has 0 bridgehead atoms. The number of rotatable bonds is 6. The van der Waals surface area contributed by atoms with E-state index in [9.17, 15) is 14.4 Å². The largest absolute Gasteiger partial charge is 0.490 e. The second-order valence-corrected chi connectivity index (χ2v) is 6.08. The highest BCUT2D eigenvalue weighted by Crippen LogP contribution is 2.37. The van der Waals surface area contributed by atoms with Crippen LogP contribution in [0.15, 0.2) is 22.2 Å². The Balaban J connectivity index is 2.40. The number of hydrogen-bond acceptors (Lipinski definition) is 6. The first kappa shape index (κ1) is 18.9. The van der Waals surface area contributed by atoms with Crippen molar-refractivity contribution < 1.29 is 23.9 Å². The third kappa shape index (κ3) is 4.77. The molecule has 1 saturated heterocycles. The van der Waals surface area contributed by atoms with Crippen LogP contribution in [0.3, 0.4) is 0 Å². The highest BCUT2D eigenvalue weighted by molar-refractivity contribution is 9.10. The van der Waals surface area contributed by atoms with Gasteiger partial charge in [0.15, 0.2) is 23.2 Å². The predicted octanol–water partition coefficient (Wildman–Crippen LogP) is 0.626. The summed E-state index contributed by atoms with van der Waals surface area (Å²) in [6.45, 7) is 1.80. The lowest BCUT2D eigenvalue weighted by atomic mass is 10.1. The van der Waals surface area contributed by atoms with E-state index in [0.29, 0.717) is 28.1 Å². The molecule has 0 radical (unpaired) electrons. The van der Waals surface area contributed by atoms with Gasteiger partial charge in [-0.15, -0.1) is 0 Å². The molecule has 0 saturated carbocycles. The maximum absolute atomic E-state index is 11.9. The van der Waals surface area contributed by atoms with E-state index in [2.05, 4.69) is 26.6 Å². The lowest BCUT2D eigenvalue weighted by Crippen LogP contribution is -2.51. The van der Waals surface area contributed by atoms with Crippen LogP contribution >= 0.6 is 28.1 Å². The van der Waals surface area contributed by atoms with Gasteiger partial charge in [0.1, 0.15) is 5.57 Å². The van der Waals surface area contributed by atoms with E-state index in [1.807, 2.05) is 0 Å². The Labute approximate surface area is 156 Å². The Morgan fingerprint density at radius 1 is 1.28 bits per heavy atom. The van der Waals surface area contributed by atoms with Crippen molar-refractivity contribution in [1.82, 2.24) is 10.6 Å². The monoisotopic (exact) mass is 427 g/mol. The standard InChI is InChI=1S/C15H14BrN3O5S/c1-2-23-10-5-7(4-9(16)12(10)24-6-11(17)20)3-8-13(21)18-15(25)19-14(8)22/h3-5H,2,6H2,1H3,(H2,17,20)(H2,18,19,21,22,25). The molecule has 4 N–H and O–H groups in total. The zero-order valence-corrected chi connectivity index (χ0v) is 15.5. The van der Waals surface area contributed by atoms with Gasteiger partial charge in [-0.1, -0.05) is 0 Å². The van der Waals surface area contributed by atoms with Crippen LogP contribution in [-0.4, -0.2) is 36.0 Å². The molecule has 1 aliphatic rings. The van der Waals surface area contributed by atoms with Gasteiger partial charge in [-0.3, -0.25) is 25.0 Å². The predicted molar refractivity (Wildman–Crippen MR) is 96.9 cm³/mol. The first-order valence-corrected chi connectivity index (χ1v) is 8.27. The minimum atomic E-state index is -0.632. The molecule has 1 heterocycles. The molecule has 0 aliphatic carbocycles. The van der Waals surface area contributed by atoms with Crippen molar-refractivity contribution in [1.29, 1.82) is 0 Å². The number of nitrogens with two attached hydrogens (primary N) is 1. The lowest BCUT2D eigenvalue weighted by molar-refractivity contribution is -0.123. The summed E-state index contributed by atoms with van der Waals surface area (Å²) in [5, 5.41) is 4.66. The zero-order chi connectivity index (χ0) is 18.6. The van der Waals surface area contributed by atoms with Crippen LogP contribution in [0, 0.1) is 0 Å². The molecule has 0 atom stereocenters. The molecule has 1 fully saturated rings. The number of carbonyl (C=O) groups is 3. The van der Waals surface area contributed by atoms with Crippen molar-refractivity contribution in [2.75, 3.05) is 13.2 Å². The van der Waals surface area contributed by atoms with E-state index < -0.39 is 17.7 Å². The van der Waals surface area contributed by atoms with Crippen molar-refractivity contribution in [3.63, 3.8) is 0 Å². The van der Waals surface area contributed by atoms with Gasteiger partial charge >= 0.3 is 0 Å². The molecule has 0 aromatic heterocycles. The van der Waals surface area contributed by atoms with Crippen molar-refractivity contribution in [3.05, 3.63) is 27.7 Å². The van der Waals surface area contributed by atoms with Gasteiger partial charge in [-0.25, -0.2) is 0 Å². The van der Waals surface area contributed by atoms with Crippen LogP contribution in [0.25, 0.3) is 6.08 Å². The summed E-state index contributed by atoms with van der Waals surface area (Å²) in [6, 6.07) is 3.18. The van der Waals surface area contributed by atoms with Gasteiger partial charge in [0.2, 0.25) is 0 Å². The van der Waals surface area contributed by atoms with E-state index in [0.717, 1.165) is 0 Å². The van der Waals surface area contributed by atoms with Crippen LogP contribution < -0.4 is 25.8 Å². The van der Waals surface area contributed by atoms with Crippen LogP contribution in [0.5, 0.6) is 11.5 Å². The molecule has 10 heteroatoms. The van der Waals surface area contributed by atoms with Crippen molar-refractivity contribution >= 4 is 57.1 Å². The number of halogens is 1. The Kier molecular flexibility index (Phi) is 6.10. The van der Waals surface area contributed by atoms with Crippen LogP contribution in [0.2, 0.25) is 0 Å². The van der Waals surface area contributed by atoms with Crippen LogP contribution in [0.4, 0.5) is 0 Å². The van der Waals surface area contributed by atoms with E-state index in [1.165, 1.54) is 6.08 Å². The van der Waals surface area contributed by atoms with Crippen LogP contribution in [0.1, 0.15) is 12.5 Å². The van der Waals surface area contributed by atoms with Gasteiger partial charge < -0.3 is 15.2 Å². The number of hydrogen-bond donors (Lipinski definition) is 3. The Morgan fingerprint density at radius 3 is 2.48 bits per heavy atom. The maximum atomic E-state index is 11.9. The molecule has 1 aliphatic heterocycles. The third-order valence-electron chi connectivity index (χ3n) is 2.94. The van der Waals surface area contributed by atoms with Crippen LogP contribution in [-0.2, 0) is 14.4 Å². The molecule has 8 nitrogen and oxygen atoms in total. The molecule has 132 valence electrons. The van der Waals surface area contributed by atoms with E-state index >= 15 is 0 Å². The minimum Gasteiger partial charge on any atom is -0.490 e. The first-order valence-electron chi connectivity index (χ1n) is 7.07. The molecule has 1 aromatic carbocycles. The topological polar surface area (TPSA) is 120 Å². The van der Waals surface area contributed by atoms with Crippen molar-refractivity contribution in [2.45, 2.75) is 6.92 Å². The minimum absolute atomic E-state index is 0.0430. The van der Waals surface area contributed by atoms with E-state index in [-0.39, 0.29) is 17.3 Å². The molecule has 3 amide bonds. The molecule has 0 unspecified atom stereocenters. The number of primary amides is 1. The smallest absolute Gasteiger partial charge is 0.263 e. The van der Waals surface area contributed by atoms with Crippen molar-refractivity contribution in [2.24, 2.45) is 5.73 Å². The first-order chi connectivity index (χ1) is 11.8. The van der Waals surface area contributed by atoms with E-state index in [1.54, 1.807) is 19.1 Å². The Morgan fingerprint density at radius 2 is 1.92 bits per heavy atom. The van der Waals surface area contributed by atoms with E-state index in [4.69, 9.17) is 27.4 Å². The van der Waals surface area contributed by atoms with Gasteiger partial charge in [0.25, 0.3) is 17.7 Å². The average Bonchev–Trinajstić information content (AvgIpc) is 2.50. The van der Waals surface area contributed by atoms with Crippen molar-refractivity contribution in [3.8, 4) is 11.5 Å². The molecule has 25 heavy (non-hydrogen) atoms. The second kappa shape index (κ2) is 8.08. The van der Waals surface area contributed by atoms with Gasteiger partial charge in [0, 0.05) is 0 Å². The summed E-state index contributed by atoms with van der Waals surface area (Å²) in [7, 11) is 0. The lowest BCUT2D eigenvalue weighted by Gasteiger charge is -2.17. The van der Waals surface area contributed by atoms with Gasteiger partial charge in [0.05, 0.1) is 11.1 Å². The number of benzene rings is 1. The number of ether oxygens (including phenoxy) is 2. The summed E-state index contributed by atoms with van der Waals surface area (Å²) >= 11 is 8.06. The summed E-state index contributed by atoms with van der Waals surface area (Å²) in [4.78, 5) is 34.7. The number of amides is 3. The average molecular weight is 428 g/mol. The maximum Gasteiger partial charge on any atom is 0.263 e. The van der Waals surface area contributed by atoms with Gasteiger partial charge in [-0.2, -0.15) is 0 Å². The highest BCUT2D eigenvalue weighted by Gasteiger charge is 2.26. The quantitative estimate of drug-likeness (QED) is 0.347. The fourth-order valence-electron chi connectivity index (χ4n) is 1.99. The molecular weight excluding hydrogens is 414 g/mol. The fourth-order valence-corrected chi connectivity index (χ4v) is 2.75. The fraction of sp³-hybridized carbons (Fsp3) is 0.200.